The molecule has 1 heterocycles. The van der Waals surface area contributed by atoms with E-state index in [2.05, 4.69) is 5.32 Å². The first-order valence-electron chi connectivity index (χ1n) is 4.94. The molecule has 100 valence electrons. The molecule has 0 bridgehead atoms. The molecule has 19 heavy (non-hydrogen) atoms. The van der Waals surface area contributed by atoms with Gasteiger partial charge in [0.15, 0.2) is 0 Å². The second-order valence-corrected chi connectivity index (χ2v) is 6.33. The molecule has 1 aromatic carbocycles. The Morgan fingerprint density at radius 3 is 2.37 bits per heavy atom. The van der Waals surface area contributed by atoms with E-state index in [1.165, 1.54) is 24.3 Å². The number of nitrogens with one attached hydrogen (secondary N) is 1. The van der Waals surface area contributed by atoms with Crippen LogP contribution < -0.4 is 5.32 Å². The summed E-state index contributed by atoms with van der Waals surface area (Å²) in [7, 11) is 0. The van der Waals surface area contributed by atoms with Gasteiger partial charge >= 0.3 is 5.51 Å². The highest BCUT2D eigenvalue weighted by molar-refractivity contribution is 8.26. The third-order valence-corrected chi connectivity index (χ3v) is 3.96. The number of carbonyl (C=O) groups excluding carboxylic acids is 1. The second kappa shape index (κ2) is 5.56. The molecule has 0 atom stereocenters. The van der Waals surface area contributed by atoms with Crippen LogP contribution in [-0.4, -0.2) is 15.7 Å². The van der Waals surface area contributed by atoms with Gasteiger partial charge in [0.25, 0.3) is 5.91 Å². The SMILES string of the molecule is O=C1NC(=S)SC1=Cc1ccc(SC(F)(F)F)cc1. The minimum atomic E-state index is -4.30. The van der Waals surface area contributed by atoms with Crippen LogP contribution in [0.4, 0.5) is 13.2 Å². The summed E-state index contributed by atoms with van der Waals surface area (Å²) in [4.78, 5) is 11.9. The van der Waals surface area contributed by atoms with Gasteiger partial charge in [-0.05, 0) is 35.5 Å². The monoisotopic (exact) mass is 321 g/mol. The quantitative estimate of drug-likeness (QED) is 0.510. The highest BCUT2D eigenvalue weighted by atomic mass is 32.2. The molecule has 1 saturated heterocycles. The Morgan fingerprint density at radius 1 is 1.26 bits per heavy atom. The molecule has 0 spiro atoms. The minimum Gasteiger partial charge on any atom is -0.307 e. The molecule has 0 saturated carbocycles. The fraction of sp³-hybridized carbons (Fsp3) is 0.0909. The third-order valence-electron chi connectivity index (χ3n) is 2.05. The van der Waals surface area contributed by atoms with Gasteiger partial charge in [-0.1, -0.05) is 36.1 Å². The van der Waals surface area contributed by atoms with Crippen molar-refractivity contribution >= 4 is 52.0 Å². The number of hydrogen-bond donors (Lipinski definition) is 1. The Bertz CT molecular complexity index is 551. The lowest BCUT2D eigenvalue weighted by atomic mass is 10.2. The van der Waals surface area contributed by atoms with E-state index in [9.17, 15) is 18.0 Å². The van der Waals surface area contributed by atoms with E-state index < -0.39 is 5.51 Å². The normalized spacial score (nSPS) is 17.9. The van der Waals surface area contributed by atoms with Gasteiger partial charge in [-0.3, -0.25) is 4.79 Å². The molecule has 0 aromatic heterocycles. The first-order chi connectivity index (χ1) is 8.83. The molecule has 2 rings (SSSR count). The van der Waals surface area contributed by atoms with Gasteiger partial charge in [-0.15, -0.1) is 0 Å². The molecular weight excluding hydrogens is 315 g/mol. The van der Waals surface area contributed by atoms with Gasteiger partial charge in [-0.25, -0.2) is 0 Å². The predicted octanol–water partition coefficient (Wildman–Crippen LogP) is 3.79. The molecule has 0 unspecified atom stereocenters. The Hall–Kier alpha value is -0.990. The first kappa shape index (κ1) is 14.4. The average molecular weight is 321 g/mol. The predicted molar refractivity (Wildman–Crippen MR) is 74.7 cm³/mol. The van der Waals surface area contributed by atoms with Gasteiger partial charge in [0.05, 0.1) is 4.91 Å². The topological polar surface area (TPSA) is 29.1 Å². The summed E-state index contributed by atoms with van der Waals surface area (Å²) in [5.41, 5.74) is -3.65. The molecule has 0 aliphatic carbocycles. The van der Waals surface area contributed by atoms with E-state index in [1.807, 2.05) is 0 Å². The van der Waals surface area contributed by atoms with Gasteiger partial charge in [0.1, 0.15) is 4.32 Å². The molecule has 8 heteroatoms. The van der Waals surface area contributed by atoms with Gasteiger partial charge < -0.3 is 5.32 Å². The number of amides is 1. The zero-order chi connectivity index (χ0) is 14.0. The van der Waals surface area contributed by atoms with E-state index in [4.69, 9.17) is 12.2 Å². The van der Waals surface area contributed by atoms with Crippen molar-refractivity contribution in [1.82, 2.24) is 5.32 Å². The Kier molecular flexibility index (Phi) is 4.22. The summed E-state index contributed by atoms with van der Waals surface area (Å²) in [6.07, 6.45) is 1.58. The maximum atomic E-state index is 12.1. The Balaban J connectivity index is 2.13. The van der Waals surface area contributed by atoms with E-state index in [-0.39, 0.29) is 22.6 Å². The van der Waals surface area contributed by atoms with Crippen LogP contribution in [0.1, 0.15) is 5.56 Å². The Labute approximate surface area is 120 Å². The van der Waals surface area contributed by atoms with Crippen molar-refractivity contribution in [3.05, 3.63) is 34.7 Å². The van der Waals surface area contributed by atoms with Gasteiger partial charge in [0.2, 0.25) is 0 Å². The van der Waals surface area contributed by atoms with Gasteiger partial charge in [0, 0.05) is 4.90 Å². The van der Waals surface area contributed by atoms with Crippen LogP contribution in [0.2, 0.25) is 0 Å². The molecule has 1 amide bonds. The average Bonchev–Trinajstić information content (AvgIpc) is 2.58. The van der Waals surface area contributed by atoms with E-state index in [0.717, 1.165) is 11.8 Å². The van der Waals surface area contributed by atoms with Crippen LogP contribution in [-0.2, 0) is 4.79 Å². The fourth-order valence-electron chi connectivity index (χ4n) is 1.34. The second-order valence-electron chi connectivity index (χ2n) is 3.47. The van der Waals surface area contributed by atoms with Crippen molar-refractivity contribution in [2.24, 2.45) is 0 Å². The number of benzene rings is 1. The lowest BCUT2D eigenvalue weighted by molar-refractivity contribution is -0.115. The number of alkyl halides is 3. The summed E-state index contributed by atoms with van der Waals surface area (Å²) in [5, 5.41) is 2.46. The summed E-state index contributed by atoms with van der Waals surface area (Å²) < 4.78 is 36.8. The molecule has 1 N–H and O–H groups in total. The zero-order valence-corrected chi connectivity index (χ0v) is 11.6. The van der Waals surface area contributed by atoms with Crippen LogP contribution in [0, 0.1) is 0 Å². The summed E-state index contributed by atoms with van der Waals surface area (Å²) in [6.45, 7) is 0. The lowest BCUT2D eigenvalue weighted by Crippen LogP contribution is -2.17. The maximum absolute atomic E-state index is 12.1. The number of hydrogen-bond acceptors (Lipinski definition) is 4. The molecular formula is C11H6F3NOS3. The van der Waals surface area contributed by atoms with Crippen LogP contribution in [0.25, 0.3) is 6.08 Å². The smallest absolute Gasteiger partial charge is 0.307 e. The largest absolute Gasteiger partial charge is 0.446 e. The number of thioether (sulfide) groups is 2. The van der Waals surface area contributed by atoms with E-state index in [1.54, 1.807) is 6.08 Å². The van der Waals surface area contributed by atoms with Gasteiger partial charge in [-0.2, -0.15) is 13.2 Å². The summed E-state index contributed by atoms with van der Waals surface area (Å²) >= 11 is 5.79. The van der Waals surface area contributed by atoms with E-state index >= 15 is 0 Å². The van der Waals surface area contributed by atoms with Crippen molar-refractivity contribution in [2.75, 3.05) is 0 Å². The molecule has 1 aromatic rings. The summed E-state index contributed by atoms with van der Waals surface area (Å²) in [6, 6.07) is 5.77. The molecule has 1 aliphatic heterocycles. The van der Waals surface area contributed by atoms with E-state index in [0.29, 0.717) is 14.8 Å². The minimum absolute atomic E-state index is 0.105. The number of halogens is 3. The Morgan fingerprint density at radius 2 is 1.89 bits per heavy atom. The molecule has 2 nitrogen and oxygen atoms in total. The first-order valence-corrected chi connectivity index (χ1v) is 6.98. The number of rotatable bonds is 2. The highest BCUT2D eigenvalue weighted by Crippen LogP contribution is 2.37. The highest BCUT2D eigenvalue weighted by Gasteiger charge is 2.29. The number of thiocarbonyl (C=S) groups is 1. The van der Waals surface area contributed by atoms with Crippen molar-refractivity contribution in [3.8, 4) is 0 Å². The van der Waals surface area contributed by atoms with Crippen LogP contribution in [0.15, 0.2) is 34.1 Å². The zero-order valence-electron chi connectivity index (χ0n) is 9.15. The lowest BCUT2D eigenvalue weighted by Gasteiger charge is -2.05. The van der Waals surface area contributed by atoms with Crippen LogP contribution in [0.3, 0.4) is 0 Å². The third kappa shape index (κ3) is 4.26. The van der Waals surface area contributed by atoms with Crippen molar-refractivity contribution in [2.45, 2.75) is 10.4 Å². The fourth-order valence-corrected chi connectivity index (χ4v) is 2.92. The molecule has 1 aliphatic rings. The van der Waals surface area contributed by atoms with Crippen molar-refractivity contribution in [1.29, 1.82) is 0 Å². The van der Waals surface area contributed by atoms with Crippen molar-refractivity contribution in [3.63, 3.8) is 0 Å². The molecule has 0 radical (unpaired) electrons. The summed E-state index contributed by atoms with van der Waals surface area (Å²) in [5.74, 6) is -0.288. The van der Waals surface area contributed by atoms with Crippen LogP contribution in [0.5, 0.6) is 0 Å². The number of carbonyl (C=O) groups is 1. The standard InChI is InChI=1S/C11H6F3NOS3/c12-11(13,14)19-7-3-1-6(2-4-7)5-8-9(16)15-10(17)18-8/h1-5H,(H,15,16,17). The van der Waals surface area contributed by atoms with Crippen LogP contribution >= 0.6 is 35.7 Å². The molecule has 1 fully saturated rings. The van der Waals surface area contributed by atoms with Crippen molar-refractivity contribution < 1.29 is 18.0 Å². The maximum Gasteiger partial charge on any atom is 0.446 e.